The number of benzene rings is 1. The van der Waals surface area contributed by atoms with Gasteiger partial charge in [0.2, 0.25) is 0 Å². The molecule has 5 nitrogen and oxygen atoms in total. The van der Waals surface area contributed by atoms with E-state index in [-0.39, 0.29) is 10.9 Å². The van der Waals surface area contributed by atoms with Gasteiger partial charge in [0.15, 0.2) is 0 Å². The quantitative estimate of drug-likeness (QED) is 0.760. The van der Waals surface area contributed by atoms with Gasteiger partial charge in [-0.25, -0.2) is 9.78 Å². The summed E-state index contributed by atoms with van der Waals surface area (Å²) in [4.78, 5) is 15.9. The van der Waals surface area contributed by atoms with Gasteiger partial charge < -0.3 is 9.67 Å². The maximum atomic E-state index is 11.2. The fraction of sp³-hybridized carbons (Fsp3) is 0.278. The maximum Gasteiger partial charge on any atom is 0.347 e. The van der Waals surface area contributed by atoms with Crippen LogP contribution in [0.5, 0.6) is 0 Å². The molecule has 0 bridgehead atoms. The van der Waals surface area contributed by atoms with Crippen molar-refractivity contribution in [1.82, 2.24) is 9.55 Å². The molecule has 0 saturated carbocycles. The van der Waals surface area contributed by atoms with Crippen LogP contribution in [0.3, 0.4) is 0 Å². The van der Waals surface area contributed by atoms with Crippen LogP contribution in [0.15, 0.2) is 18.3 Å². The van der Waals surface area contributed by atoms with E-state index in [1.54, 1.807) is 6.92 Å². The van der Waals surface area contributed by atoms with Crippen LogP contribution in [0.1, 0.15) is 46.4 Å². The average Bonchev–Trinajstić information content (AvgIpc) is 3.08. The number of aryl methyl sites for hydroxylation is 2. The molecule has 3 rings (SSSR count). The third kappa shape index (κ3) is 2.47. The van der Waals surface area contributed by atoms with Crippen LogP contribution < -0.4 is 0 Å². The third-order valence-corrected chi connectivity index (χ3v) is 5.23. The molecule has 24 heavy (non-hydrogen) atoms. The summed E-state index contributed by atoms with van der Waals surface area (Å²) < 4.78 is 2.10. The van der Waals surface area contributed by atoms with Crippen LogP contribution in [0.25, 0.3) is 21.5 Å². The van der Waals surface area contributed by atoms with Gasteiger partial charge in [-0.15, -0.1) is 11.3 Å². The van der Waals surface area contributed by atoms with Crippen molar-refractivity contribution in [2.75, 3.05) is 0 Å². The number of fused-ring (bicyclic) bond motifs is 1. The van der Waals surface area contributed by atoms with E-state index in [9.17, 15) is 15.2 Å². The molecule has 0 aliphatic carbocycles. The van der Waals surface area contributed by atoms with Crippen molar-refractivity contribution in [1.29, 1.82) is 5.26 Å². The summed E-state index contributed by atoms with van der Waals surface area (Å²) in [5, 5.41) is 20.2. The summed E-state index contributed by atoms with van der Waals surface area (Å²) in [6.07, 6.45) is 1.88. The second kappa shape index (κ2) is 5.77. The lowest BCUT2D eigenvalue weighted by Gasteiger charge is -2.11. The minimum absolute atomic E-state index is 0.250. The predicted molar refractivity (Wildman–Crippen MR) is 94.6 cm³/mol. The van der Waals surface area contributed by atoms with Crippen molar-refractivity contribution < 1.29 is 9.90 Å². The first-order valence-electron chi connectivity index (χ1n) is 7.59. The number of nitrogens with zero attached hydrogens (tertiary/aromatic N) is 3. The Kier molecular flexibility index (Phi) is 3.90. The molecule has 0 amide bonds. The molecular formula is C18H17N3O2S. The zero-order chi connectivity index (χ0) is 17.6. The molecule has 0 radical (unpaired) electrons. The summed E-state index contributed by atoms with van der Waals surface area (Å²) in [6.45, 7) is 7.86. The molecule has 2 aromatic heterocycles. The fourth-order valence-corrected chi connectivity index (χ4v) is 3.83. The number of carbonyl (C=O) groups is 1. The van der Waals surface area contributed by atoms with Crippen molar-refractivity contribution in [2.45, 2.75) is 33.7 Å². The topological polar surface area (TPSA) is 78.9 Å². The Morgan fingerprint density at radius 2 is 2.08 bits per heavy atom. The molecule has 0 atom stereocenters. The minimum Gasteiger partial charge on any atom is -0.477 e. The highest BCUT2D eigenvalue weighted by atomic mass is 32.1. The molecule has 0 fully saturated rings. The second-order valence-electron chi connectivity index (χ2n) is 6.08. The lowest BCUT2D eigenvalue weighted by atomic mass is 10.1. The Morgan fingerprint density at radius 1 is 1.38 bits per heavy atom. The van der Waals surface area contributed by atoms with E-state index in [1.807, 2.05) is 25.3 Å². The first kappa shape index (κ1) is 16.2. The van der Waals surface area contributed by atoms with E-state index in [1.165, 1.54) is 0 Å². The Balaban J connectivity index is 2.27. The van der Waals surface area contributed by atoms with E-state index in [0.29, 0.717) is 16.3 Å². The van der Waals surface area contributed by atoms with E-state index >= 15 is 0 Å². The van der Waals surface area contributed by atoms with Crippen molar-refractivity contribution in [3.05, 3.63) is 40.0 Å². The van der Waals surface area contributed by atoms with Gasteiger partial charge in [0, 0.05) is 23.2 Å². The average molecular weight is 339 g/mol. The van der Waals surface area contributed by atoms with Crippen LogP contribution in [0, 0.1) is 25.2 Å². The molecule has 0 spiro atoms. The van der Waals surface area contributed by atoms with E-state index in [4.69, 9.17) is 0 Å². The van der Waals surface area contributed by atoms with Crippen molar-refractivity contribution in [3.63, 3.8) is 0 Å². The maximum absolute atomic E-state index is 11.2. The van der Waals surface area contributed by atoms with E-state index in [2.05, 4.69) is 29.5 Å². The molecule has 122 valence electrons. The number of rotatable bonds is 3. The highest BCUT2D eigenvalue weighted by Crippen LogP contribution is 2.34. The molecule has 3 aromatic rings. The molecular weight excluding hydrogens is 322 g/mol. The zero-order valence-corrected chi connectivity index (χ0v) is 14.7. The van der Waals surface area contributed by atoms with Gasteiger partial charge in [-0.2, -0.15) is 5.26 Å². The Morgan fingerprint density at radius 3 is 2.62 bits per heavy atom. The molecule has 1 aromatic carbocycles. The number of aromatic nitrogens is 2. The number of hydrogen-bond donors (Lipinski definition) is 1. The van der Waals surface area contributed by atoms with Gasteiger partial charge >= 0.3 is 5.97 Å². The predicted octanol–water partition coefficient (Wildman–Crippen LogP) is 4.53. The number of nitriles is 1. The number of carboxylic acids is 1. The molecule has 2 heterocycles. The molecule has 6 heteroatoms. The van der Waals surface area contributed by atoms with Gasteiger partial charge in [0.1, 0.15) is 16.0 Å². The molecule has 0 aliphatic rings. The smallest absolute Gasteiger partial charge is 0.347 e. The molecule has 0 saturated heterocycles. The SMILES string of the molecule is Cc1nc(-c2cc(C)c3c(c2)c(C#N)cn3C(C)C)sc1C(=O)O. The summed E-state index contributed by atoms with van der Waals surface area (Å²) in [7, 11) is 0. The first-order valence-corrected chi connectivity index (χ1v) is 8.41. The summed E-state index contributed by atoms with van der Waals surface area (Å²) in [5.74, 6) is -0.960. The zero-order valence-electron chi connectivity index (χ0n) is 13.9. The summed E-state index contributed by atoms with van der Waals surface area (Å²) in [5.41, 5.74) is 4.06. The largest absolute Gasteiger partial charge is 0.477 e. The fourth-order valence-electron chi connectivity index (χ4n) is 2.94. The van der Waals surface area contributed by atoms with Crippen LogP contribution in [-0.2, 0) is 0 Å². The lowest BCUT2D eigenvalue weighted by molar-refractivity contribution is 0.0701. The minimum atomic E-state index is -0.960. The number of hydrogen-bond acceptors (Lipinski definition) is 4. The normalized spacial score (nSPS) is 11.2. The van der Waals surface area contributed by atoms with Gasteiger partial charge in [-0.05, 0) is 45.4 Å². The number of aromatic carboxylic acids is 1. The molecule has 0 unspecified atom stereocenters. The summed E-state index contributed by atoms with van der Waals surface area (Å²) >= 11 is 1.16. The second-order valence-corrected chi connectivity index (χ2v) is 7.08. The number of thiazole rings is 1. The molecule has 1 N–H and O–H groups in total. The Hall–Kier alpha value is -2.65. The highest BCUT2D eigenvalue weighted by molar-refractivity contribution is 7.17. The Labute approximate surface area is 143 Å². The highest BCUT2D eigenvalue weighted by Gasteiger charge is 2.18. The number of carboxylic acid groups (broad SMARTS) is 1. The van der Waals surface area contributed by atoms with E-state index in [0.717, 1.165) is 33.4 Å². The van der Waals surface area contributed by atoms with Crippen LogP contribution in [-0.4, -0.2) is 20.6 Å². The monoisotopic (exact) mass is 339 g/mol. The lowest BCUT2D eigenvalue weighted by Crippen LogP contribution is -1.99. The first-order chi connectivity index (χ1) is 11.3. The summed E-state index contributed by atoms with van der Waals surface area (Å²) in [6, 6.07) is 6.44. The van der Waals surface area contributed by atoms with Crippen LogP contribution in [0.4, 0.5) is 0 Å². The van der Waals surface area contributed by atoms with Gasteiger partial charge in [-0.3, -0.25) is 0 Å². The molecule has 0 aliphatic heterocycles. The standard InChI is InChI=1S/C18H17N3O2S/c1-9(2)21-8-13(7-19)14-6-12(5-10(3)15(14)21)17-20-11(4)16(24-17)18(22)23/h5-6,8-9H,1-4H3,(H,22,23). The van der Waals surface area contributed by atoms with Crippen LogP contribution >= 0.6 is 11.3 Å². The van der Waals surface area contributed by atoms with Gasteiger partial charge in [-0.1, -0.05) is 0 Å². The van der Waals surface area contributed by atoms with Crippen molar-refractivity contribution in [3.8, 4) is 16.6 Å². The van der Waals surface area contributed by atoms with Crippen LogP contribution in [0.2, 0.25) is 0 Å². The van der Waals surface area contributed by atoms with Crippen molar-refractivity contribution >= 4 is 28.2 Å². The van der Waals surface area contributed by atoms with Gasteiger partial charge in [0.25, 0.3) is 0 Å². The third-order valence-electron chi connectivity index (χ3n) is 4.03. The van der Waals surface area contributed by atoms with Gasteiger partial charge in [0.05, 0.1) is 16.8 Å². The van der Waals surface area contributed by atoms with Crippen molar-refractivity contribution in [2.24, 2.45) is 0 Å². The van der Waals surface area contributed by atoms with E-state index < -0.39 is 5.97 Å². The Bertz CT molecular complexity index is 1010.